The van der Waals surface area contributed by atoms with Crippen LogP contribution in [0.4, 0.5) is 0 Å². The Labute approximate surface area is 122 Å². The van der Waals surface area contributed by atoms with Gasteiger partial charge in [-0.15, -0.1) is 6.42 Å². The zero-order chi connectivity index (χ0) is 13.5. The normalized spacial score (nSPS) is 10.1. The summed E-state index contributed by atoms with van der Waals surface area (Å²) in [5.74, 6) is 2.80. The van der Waals surface area contributed by atoms with E-state index in [1.54, 1.807) is 0 Å². The smallest absolute Gasteiger partial charge is 0.236 e. The van der Waals surface area contributed by atoms with Gasteiger partial charge in [0.05, 0.1) is 15.2 Å². The third-order valence-electron chi connectivity index (χ3n) is 1.76. The van der Waals surface area contributed by atoms with Crippen molar-refractivity contribution >= 4 is 44.0 Å². The Morgan fingerprint density at radius 3 is 2.67 bits per heavy atom. The minimum absolute atomic E-state index is 0.191. The second-order valence-corrected chi connectivity index (χ2v) is 4.94. The van der Waals surface area contributed by atoms with E-state index in [0.29, 0.717) is 5.75 Å². The minimum atomic E-state index is -0.224. The predicted molar refractivity (Wildman–Crippen MR) is 77.6 cm³/mol. The van der Waals surface area contributed by atoms with Crippen LogP contribution in [0.25, 0.3) is 0 Å². The van der Waals surface area contributed by atoms with Crippen molar-refractivity contribution in [2.45, 2.75) is 6.92 Å². The van der Waals surface area contributed by atoms with E-state index < -0.39 is 0 Å². The van der Waals surface area contributed by atoms with Crippen LogP contribution in [0.1, 0.15) is 12.5 Å². The number of hydrazone groups is 1. The van der Waals surface area contributed by atoms with Crippen LogP contribution in [0.2, 0.25) is 0 Å². The Hall–Kier alpha value is -1.32. The zero-order valence-electron chi connectivity index (χ0n) is 9.54. The van der Waals surface area contributed by atoms with Crippen LogP contribution in [-0.2, 0) is 4.79 Å². The SMILES string of the molecule is C#CCOc1c(Br)cc(/C=N\NC(C)=O)cc1Br. The van der Waals surface area contributed by atoms with Crippen molar-refractivity contribution in [3.05, 3.63) is 26.6 Å². The molecule has 1 N–H and O–H groups in total. The van der Waals surface area contributed by atoms with Crippen LogP contribution in [0.15, 0.2) is 26.2 Å². The van der Waals surface area contributed by atoms with Crippen LogP contribution >= 0.6 is 31.9 Å². The van der Waals surface area contributed by atoms with Gasteiger partial charge in [-0.05, 0) is 49.6 Å². The maximum absolute atomic E-state index is 10.7. The molecule has 0 fully saturated rings. The van der Waals surface area contributed by atoms with E-state index >= 15 is 0 Å². The summed E-state index contributed by atoms with van der Waals surface area (Å²) in [5, 5.41) is 3.78. The van der Waals surface area contributed by atoms with E-state index in [-0.39, 0.29) is 12.5 Å². The topological polar surface area (TPSA) is 50.7 Å². The van der Waals surface area contributed by atoms with E-state index in [1.807, 2.05) is 12.1 Å². The second kappa shape index (κ2) is 7.19. The first-order valence-corrected chi connectivity index (χ1v) is 6.48. The maximum Gasteiger partial charge on any atom is 0.236 e. The number of hydrogen-bond acceptors (Lipinski definition) is 3. The highest BCUT2D eigenvalue weighted by Gasteiger charge is 2.07. The number of ether oxygens (including phenoxy) is 1. The Balaban J connectivity index is 2.89. The zero-order valence-corrected chi connectivity index (χ0v) is 12.7. The number of terminal acetylenes is 1. The highest BCUT2D eigenvalue weighted by Crippen LogP contribution is 2.34. The fourth-order valence-corrected chi connectivity index (χ4v) is 2.55. The summed E-state index contributed by atoms with van der Waals surface area (Å²) in [6, 6.07) is 3.61. The van der Waals surface area contributed by atoms with Crippen molar-refractivity contribution in [3.8, 4) is 18.1 Å². The number of halogens is 2. The lowest BCUT2D eigenvalue weighted by molar-refractivity contribution is -0.118. The Morgan fingerprint density at radius 2 is 2.17 bits per heavy atom. The fourth-order valence-electron chi connectivity index (χ4n) is 1.10. The summed E-state index contributed by atoms with van der Waals surface area (Å²) < 4.78 is 6.86. The molecule has 0 saturated heterocycles. The minimum Gasteiger partial charge on any atom is -0.479 e. The average molecular weight is 374 g/mol. The van der Waals surface area contributed by atoms with Gasteiger partial charge in [0, 0.05) is 6.92 Å². The maximum atomic E-state index is 10.7. The quantitative estimate of drug-likeness (QED) is 0.501. The first-order chi connectivity index (χ1) is 8.54. The summed E-state index contributed by atoms with van der Waals surface area (Å²) in [5.41, 5.74) is 3.13. The van der Waals surface area contributed by atoms with Gasteiger partial charge < -0.3 is 4.74 Å². The van der Waals surface area contributed by atoms with E-state index in [0.717, 1.165) is 14.5 Å². The van der Waals surface area contributed by atoms with E-state index in [1.165, 1.54) is 13.1 Å². The lowest BCUT2D eigenvalue weighted by atomic mass is 10.2. The van der Waals surface area contributed by atoms with Crippen molar-refractivity contribution in [1.29, 1.82) is 0 Å². The van der Waals surface area contributed by atoms with Crippen molar-refractivity contribution in [1.82, 2.24) is 5.43 Å². The standard InChI is InChI=1S/C12H10Br2N2O2/c1-3-4-18-12-10(13)5-9(6-11(12)14)7-15-16-8(2)17/h1,5-7H,4H2,2H3,(H,16,17)/b15-7-. The summed E-state index contributed by atoms with van der Waals surface area (Å²) in [4.78, 5) is 10.7. The second-order valence-electron chi connectivity index (χ2n) is 3.23. The molecule has 6 heteroatoms. The van der Waals surface area contributed by atoms with E-state index in [4.69, 9.17) is 11.2 Å². The Kier molecular flexibility index (Phi) is 5.89. The summed E-state index contributed by atoms with van der Waals surface area (Å²) in [6.45, 7) is 1.58. The van der Waals surface area contributed by atoms with Crippen molar-refractivity contribution in [2.75, 3.05) is 6.61 Å². The first-order valence-electron chi connectivity index (χ1n) is 4.89. The van der Waals surface area contributed by atoms with Gasteiger partial charge in [0.15, 0.2) is 0 Å². The molecule has 1 aromatic carbocycles. The van der Waals surface area contributed by atoms with Crippen LogP contribution < -0.4 is 10.2 Å². The summed E-state index contributed by atoms with van der Waals surface area (Å²) in [6.07, 6.45) is 6.66. The summed E-state index contributed by atoms with van der Waals surface area (Å²) >= 11 is 6.75. The number of hydrogen-bond donors (Lipinski definition) is 1. The molecule has 0 aromatic heterocycles. The molecule has 0 atom stereocenters. The summed E-state index contributed by atoms with van der Waals surface area (Å²) in [7, 11) is 0. The number of carbonyl (C=O) groups is 1. The molecule has 0 spiro atoms. The molecule has 0 saturated carbocycles. The monoisotopic (exact) mass is 372 g/mol. The third kappa shape index (κ3) is 4.51. The molecule has 0 aliphatic rings. The number of amides is 1. The average Bonchev–Trinajstić information content (AvgIpc) is 2.27. The molecule has 0 unspecified atom stereocenters. The number of nitrogens with zero attached hydrogens (tertiary/aromatic N) is 1. The van der Waals surface area contributed by atoms with Gasteiger partial charge in [-0.1, -0.05) is 5.92 Å². The van der Waals surface area contributed by atoms with Crippen molar-refractivity contribution in [3.63, 3.8) is 0 Å². The molecule has 0 heterocycles. The highest BCUT2D eigenvalue weighted by atomic mass is 79.9. The number of benzene rings is 1. The van der Waals surface area contributed by atoms with Gasteiger partial charge in [-0.3, -0.25) is 4.79 Å². The molecule has 94 valence electrons. The Bertz CT molecular complexity index is 498. The van der Waals surface area contributed by atoms with Crippen molar-refractivity contribution in [2.24, 2.45) is 5.10 Å². The molecule has 1 rings (SSSR count). The van der Waals surface area contributed by atoms with Gasteiger partial charge in [0.25, 0.3) is 0 Å². The molecule has 0 aliphatic heterocycles. The number of nitrogens with one attached hydrogen (secondary N) is 1. The molecule has 0 radical (unpaired) electrons. The van der Waals surface area contributed by atoms with Crippen LogP contribution in [0, 0.1) is 12.3 Å². The Morgan fingerprint density at radius 1 is 1.56 bits per heavy atom. The molecule has 4 nitrogen and oxygen atoms in total. The van der Waals surface area contributed by atoms with Crippen LogP contribution in [0.5, 0.6) is 5.75 Å². The van der Waals surface area contributed by atoms with Crippen molar-refractivity contribution < 1.29 is 9.53 Å². The van der Waals surface area contributed by atoms with Gasteiger partial charge in [-0.2, -0.15) is 5.10 Å². The van der Waals surface area contributed by atoms with Gasteiger partial charge in [-0.25, -0.2) is 5.43 Å². The van der Waals surface area contributed by atoms with Crippen LogP contribution in [0.3, 0.4) is 0 Å². The highest BCUT2D eigenvalue weighted by molar-refractivity contribution is 9.11. The first kappa shape index (κ1) is 14.7. The molecule has 0 aliphatic carbocycles. The van der Waals surface area contributed by atoms with E-state index in [2.05, 4.69) is 48.3 Å². The molecule has 0 bridgehead atoms. The fraction of sp³-hybridized carbons (Fsp3) is 0.167. The number of carbonyl (C=O) groups excluding carboxylic acids is 1. The molecule has 1 amide bonds. The molecule has 1 aromatic rings. The molecular formula is C12H10Br2N2O2. The molecule has 18 heavy (non-hydrogen) atoms. The van der Waals surface area contributed by atoms with Crippen LogP contribution in [-0.4, -0.2) is 18.7 Å². The largest absolute Gasteiger partial charge is 0.479 e. The molecular weight excluding hydrogens is 364 g/mol. The lowest BCUT2D eigenvalue weighted by Crippen LogP contribution is -2.12. The van der Waals surface area contributed by atoms with Gasteiger partial charge >= 0.3 is 0 Å². The van der Waals surface area contributed by atoms with Gasteiger partial charge in [0.2, 0.25) is 5.91 Å². The number of rotatable bonds is 4. The third-order valence-corrected chi connectivity index (χ3v) is 2.93. The van der Waals surface area contributed by atoms with E-state index in [9.17, 15) is 4.79 Å². The lowest BCUT2D eigenvalue weighted by Gasteiger charge is -2.08. The van der Waals surface area contributed by atoms with Gasteiger partial charge in [0.1, 0.15) is 12.4 Å². The predicted octanol–water partition coefficient (Wildman–Crippen LogP) is 2.69.